The van der Waals surface area contributed by atoms with Crippen molar-refractivity contribution in [1.29, 1.82) is 0 Å². The molecule has 0 aliphatic carbocycles. The summed E-state index contributed by atoms with van der Waals surface area (Å²) in [6, 6.07) is 8.28. The molecule has 2 heterocycles. The van der Waals surface area contributed by atoms with Crippen molar-refractivity contribution in [2.24, 2.45) is 5.92 Å². The minimum Gasteiger partial charge on any atom is -0.494 e. The molecule has 0 N–H and O–H groups in total. The number of aromatic nitrogens is 2. The number of hydrogen-bond donors (Lipinski definition) is 0. The van der Waals surface area contributed by atoms with Gasteiger partial charge in [-0.2, -0.15) is 5.10 Å². The summed E-state index contributed by atoms with van der Waals surface area (Å²) in [5, 5.41) is 15.3. The molecule has 30 heavy (non-hydrogen) atoms. The van der Waals surface area contributed by atoms with Gasteiger partial charge in [0, 0.05) is 13.1 Å². The Balaban J connectivity index is 1.46. The van der Waals surface area contributed by atoms with Crippen LogP contribution < -0.4 is 4.74 Å². The Hall–Kier alpha value is -2.90. The number of ether oxygens (including phenoxy) is 1. The second kappa shape index (κ2) is 9.73. The summed E-state index contributed by atoms with van der Waals surface area (Å²) >= 11 is 0. The molecule has 0 atom stereocenters. The van der Waals surface area contributed by atoms with Crippen LogP contribution >= 0.6 is 0 Å². The Morgan fingerprint density at radius 1 is 1.23 bits per heavy atom. The highest BCUT2D eigenvalue weighted by molar-refractivity contribution is 5.76. The Morgan fingerprint density at radius 3 is 2.47 bits per heavy atom. The highest BCUT2D eigenvalue weighted by atomic mass is 16.6. The smallest absolute Gasteiger partial charge is 0.312 e. The van der Waals surface area contributed by atoms with Crippen LogP contribution in [0.2, 0.25) is 0 Å². The van der Waals surface area contributed by atoms with Crippen LogP contribution in [0.4, 0.5) is 5.69 Å². The lowest BCUT2D eigenvalue weighted by atomic mass is 9.90. The first-order valence-electron chi connectivity index (χ1n) is 10.6. The maximum atomic E-state index is 12.7. The van der Waals surface area contributed by atoms with Crippen molar-refractivity contribution in [3.63, 3.8) is 0 Å². The Morgan fingerprint density at radius 2 is 1.90 bits per heavy atom. The molecule has 1 saturated heterocycles. The van der Waals surface area contributed by atoms with Gasteiger partial charge in [-0.25, -0.2) is 0 Å². The molecule has 3 rings (SSSR count). The van der Waals surface area contributed by atoms with Crippen molar-refractivity contribution >= 4 is 11.6 Å². The number of amides is 1. The molecular formula is C22H30N4O4. The molecule has 0 saturated carbocycles. The van der Waals surface area contributed by atoms with Gasteiger partial charge >= 0.3 is 5.69 Å². The molecule has 1 fully saturated rings. The minimum absolute atomic E-state index is 0.00389. The van der Waals surface area contributed by atoms with Gasteiger partial charge in [-0.15, -0.1) is 0 Å². The number of carbonyl (C=O) groups is 1. The number of likely N-dealkylation sites (tertiary alicyclic amines) is 1. The first-order chi connectivity index (χ1) is 14.4. The highest BCUT2D eigenvalue weighted by Crippen LogP contribution is 2.25. The Kier molecular flexibility index (Phi) is 7.07. The number of hydrogen-bond acceptors (Lipinski definition) is 5. The predicted octanol–water partition coefficient (Wildman–Crippen LogP) is 3.68. The summed E-state index contributed by atoms with van der Waals surface area (Å²) in [6.45, 7) is 7.40. The molecule has 0 spiro atoms. The third kappa shape index (κ3) is 5.17. The van der Waals surface area contributed by atoms with Gasteiger partial charge in [0.05, 0.1) is 11.5 Å². The van der Waals surface area contributed by atoms with Crippen LogP contribution in [0.3, 0.4) is 0 Å². The number of carbonyl (C=O) groups excluding carboxylic acids is 1. The average molecular weight is 415 g/mol. The largest absolute Gasteiger partial charge is 0.494 e. The van der Waals surface area contributed by atoms with Crippen LogP contribution in [0.25, 0.3) is 0 Å². The van der Waals surface area contributed by atoms with Gasteiger partial charge < -0.3 is 9.64 Å². The van der Waals surface area contributed by atoms with Crippen LogP contribution in [0.5, 0.6) is 5.75 Å². The first-order valence-corrected chi connectivity index (χ1v) is 10.6. The zero-order valence-corrected chi connectivity index (χ0v) is 18.0. The van der Waals surface area contributed by atoms with Crippen LogP contribution in [-0.2, 0) is 17.8 Å². The molecular weight excluding hydrogens is 384 g/mol. The third-order valence-electron chi connectivity index (χ3n) is 5.85. The molecule has 2 aromatic rings. The maximum Gasteiger partial charge on any atom is 0.312 e. The zero-order valence-electron chi connectivity index (χ0n) is 18.0. The molecule has 1 aliphatic rings. The lowest BCUT2D eigenvalue weighted by Gasteiger charge is -2.32. The third-order valence-corrected chi connectivity index (χ3v) is 5.85. The number of rotatable bonds is 8. The lowest BCUT2D eigenvalue weighted by Crippen LogP contribution is -2.40. The molecule has 1 aromatic heterocycles. The second-order valence-electron chi connectivity index (χ2n) is 7.87. The van der Waals surface area contributed by atoms with Crippen molar-refractivity contribution in [2.75, 3.05) is 19.7 Å². The van der Waals surface area contributed by atoms with E-state index in [0.717, 1.165) is 44.5 Å². The molecule has 0 bridgehead atoms. The minimum atomic E-state index is -0.436. The van der Waals surface area contributed by atoms with E-state index in [1.165, 1.54) is 10.2 Å². The van der Waals surface area contributed by atoms with Gasteiger partial charge in [0.1, 0.15) is 23.7 Å². The van der Waals surface area contributed by atoms with Gasteiger partial charge in [-0.3, -0.25) is 19.6 Å². The number of aryl methyl sites for hydroxylation is 2. The van der Waals surface area contributed by atoms with Crippen molar-refractivity contribution in [3.05, 3.63) is 51.3 Å². The highest BCUT2D eigenvalue weighted by Gasteiger charge is 2.26. The van der Waals surface area contributed by atoms with Crippen LogP contribution in [0.1, 0.15) is 43.1 Å². The fraction of sp³-hybridized carbons (Fsp3) is 0.545. The second-order valence-corrected chi connectivity index (χ2v) is 7.87. The SMILES string of the molecule is CCOc1ccc(CCC2CCN(C(=O)Cn3nc(C)c([N+](=O)[O-])c3C)CC2)cc1. The van der Waals surface area contributed by atoms with E-state index in [1.54, 1.807) is 13.8 Å². The standard InChI is InChI=1S/C22H30N4O4/c1-4-30-20-9-7-18(8-10-20)5-6-19-11-13-24(14-12-19)21(27)15-25-17(3)22(26(28)29)16(2)23-25/h7-10,19H,4-6,11-15H2,1-3H3. The predicted molar refractivity (Wildman–Crippen MR) is 114 cm³/mol. The first kappa shape index (κ1) is 21.8. The van der Waals surface area contributed by atoms with E-state index in [0.29, 0.717) is 23.9 Å². The van der Waals surface area contributed by atoms with Crippen LogP contribution in [0.15, 0.2) is 24.3 Å². The van der Waals surface area contributed by atoms with E-state index in [4.69, 9.17) is 4.74 Å². The van der Waals surface area contributed by atoms with Gasteiger partial charge in [0.25, 0.3) is 0 Å². The van der Waals surface area contributed by atoms with Crippen LogP contribution in [-0.4, -0.2) is 45.2 Å². The zero-order chi connectivity index (χ0) is 21.7. The van der Waals surface area contributed by atoms with Gasteiger partial charge in [0.15, 0.2) is 0 Å². The molecule has 1 aromatic carbocycles. The van der Waals surface area contributed by atoms with E-state index in [-0.39, 0.29) is 18.1 Å². The van der Waals surface area contributed by atoms with Gasteiger partial charge in [0.2, 0.25) is 5.91 Å². The van der Waals surface area contributed by atoms with E-state index < -0.39 is 4.92 Å². The fourth-order valence-corrected chi connectivity index (χ4v) is 4.09. The van der Waals surface area contributed by atoms with E-state index >= 15 is 0 Å². The van der Waals surface area contributed by atoms with E-state index in [9.17, 15) is 14.9 Å². The number of nitrogens with zero attached hydrogens (tertiary/aromatic N) is 4. The Bertz CT molecular complexity index is 883. The summed E-state index contributed by atoms with van der Waals surface area (Å²) in [5.41, 5.74) is 2.08. The van der Waals surface area contributed by atoms with Crippen molar-refractivity contribution in [2.45, 2.75) is 53.0 Å². The fourth-order valence-electron chi connectivity index (χ4n) is 4.09. The summed E-state index contributed by atoms with van der Waals surface area (Å²) in [4.78, 5) is 25.2. The molecule has 8 nitrogen and oxygen atoms in total. The maximum absolute atomic E-state index is 12.7. The topological polar surface area (TPSA) is 90.5 Å². The Labute approximate surface area is 177 Å². The molecule has 0 radical (unpaired) electrons. The average Bonchev–Trinajstić information content (AvgIpc) is 3.01. The van der Waals surface area contributed by atoms with E-state index in [2.05, 4.69) is 17.2 Å². The molecule has 1 aliphatic heterocycles. The van der Waals surface area contributed by atoms with E-state index in [1.807, 2.05) is 24.0 Å². The molecule has 1 amide bonds. The number of nitro groups is 1. The summed E-state index contributed by atoms with van der Waals surface area (Å²) < 4.78 is 6.93. The van der Waals surface area contributed by atoms with Gasteiger partial charge in [-0.05, 0) is 70.1 Å². The normalized spacial score (nSPS) is 14.7. The van der Waals surface area contributed by atoms with Crippen molar-refractivity contribution in [3.8, 4) is 5.75 Å². The van der Waals surface area contributed by atoms with Crippen molar-refractivity contribution < 1.29 is 14.5 Å². The molecule has 8 heteroatoms. The summed E-state index contributed by atoms with van der Waals surface area (Å²) in [6.07, 6.45) is 4.11. The van der Waals surface area contributed by atoms with Gasteiger partial charge in [-0.1, -0.05) is 12.1 Å². The summed E-state index contributed by atoms with van der Waals surface area (Å²) in [5.74, 6) is 1.48. The quantitative estimate of drug-likeness (QED) is 0.485. The molecule has 0 unspecified atom stereocenters. The van der Waals surface area contributed by atoms with Crippen LogP contribution in [0, 0.1) is 29.9 Å². The lowest BCUT2D eigenvalue weighted by molar-refractivity contribution is -0.386. The summed E-state index contributed by atoms with van der Waals surface area (Å²) in [7, 11) is 0. The number of piperidine rings is 1. The van der Waals surface area contributed by atoms with Crippen molar-refractivity contribution in [1.82, 2.24) is 14.7 Å². The monoisotopic (exact) mass is 414 g/mol. The number of benzene rings is 1. The molecule has 162 valence electrons.